The Balaban J connectivity index is 1.69. The number of nitrogens with zero attached hydrogens (tertiary/aromatic N) is 2. The van der Waals surface area contributed by atoms with Gasteiger partial charge in [-0.3, -0.25) is 4.90 Å². The smallest absolute Gasteiger partial charge is 0.390 e. The van der Waals surface area contributed by atoms with Crippen molar-refractivity contribution in [3.05, 3.63) is 29.8 Å². The quantitative estimate of drug-likeness (QED) is 0.859. The Morgan fingerprint density at radius 1 is 1.05 bits per heavy atom. The SMILES string of the molecule is O[C@H]1CNC[C@@H]1N1CCN(c2ccccc2C(F)(F)F)CC1. The Labute approximate surface area is 127 Å². The molecule has 1 aromatic rings. The molecule has 0 saturated carbocycles. The molecule has 7 heteroatoms. The normalized spacial score (nSPS) is 27.4. The molecule has 2 fully saturated rings. The van der Waals surface area contributed by atoms with Gasteiger partial charge in [0.1, 0.15) is 0 Å². The maximum absolute atomic E-state index is 13.1. The summed E-state index contributed by atoms with van der Waals surface area (Å²) in [6.45, 7) is 3.72. The number of para-hydroxylation sites is 1. The van der Waals surface area contributed by atoms with Crippen molar-refractivity contribution in [2.75, 3.05) is 44.2 Å². The molecule has 0 unspecified atom stereocenters. The van der Waals surface area contributed by atoms with Crippen LogP contribution in [0.25, 0.3) is 0 Å². The minimum Gasteiger partial charge on any atom is -0.390 e. The second-order valence-corrected chi connectivity index (χ2v) is 5.83. The van der Waals surface area contributed by atoms with E-state index in [9.17, 15) is 18.3 Å². The van der Waals surface area contributed by atoms with Crippen LogP contribution in [0.4, 0.5) is 18.9 Å². The predicted molar refractivity (Wildman–Crippen MR) is 77.9 cm³/mol. The first-order valence-corrected chi connectivity index (χ1v) is 7.51. The molecule has 22 heavy (non-hydrogen) atoms. The molecule has 2 heterocycles. The van der Waals surface area contributed by atoms with E-state index in [4.69, 9.17) is 0 Å². The number of piperazine rings is 1. The predicted octanol–water partition coefficient (Wildman–Crippen LogP) is 1.16. The van der Waals surface area contributed by atoms with Gasteiger partial charge in [-0.25, -0.2) is 0 Å². The number of alkyl halides is 3. The summed E-state index contributed by atoms with van der Waals surface area (Å²) in [5.74, 6) is 0. The molecular formula is C15H20F3N3O. The first-order valence-electron chi connectivity index (χ1n) is 7.51. The number of nitrogens with one attached hydrogen (secondary N) is 1. The lowest BCUT2D eigenvalue weighted by atomic mass is 10.1. The molecule has 2 N–H and O–H groups in total. The number of aliphatic hydroxyl groups excluding tert-OH is 1. The third kappa shape index (κ3) is 3.06. The second kappa shape index (κ2) is 6.06. The minimum atomic E-state index is -4.33. The highest BCUT2D eigenvalue weighted by Crippen LogP contribution is 2.36. The van der Waals surface area contributed by atoms with E-state index in [0.717, 1.165) is 12.6 Å². The molecule has 2 aliphatic rings. The topological polar surface area (TPSA) is 38.7 Å². The van der Waals surface area contributed by atoms with Gasteiger partial charge in [-0.05, 0) is 12.1 Å². The minimum absolute atomic E-state index is 0.0695. The zero-order chi connectivity index (χ0) is 15.7. The molecule has 1 aromatic carbocycles. The maximum Gasteiger partial charge on any atom is 0.418 e. The highest BCUT2D eigenvalue weighted by molar-refractivity contribution is 5.55. The standard InChI is InChI=1S/C15H20F3N3O/c16-15(17,18)11-3-1-2-4-12(11)20-5-7-21(8-6-20)13-9-19-10-14(13)22/h1-4,13-14,19,22H,5-10H2/t13-,14-/m0/s1. The third-order valence-corrected chi connectivity index (χ3v) is 4.48. The van der Waals surface area contributed by atoms with Crippen LogP contribution in [-0.2, 0) is 6.18 Å². The van der Waals surface area contributed by atoms with Gasteiger partial charge in [0.05, 0.1) is 11.7 Å². The number of halogens is 3. The summed E-state index contributed by atoms with van der Waals surface area (Å²) in [6, 6.07) is 5.79. The molecule has 2 saturated heterocycles. The molecule has 2 aliphatic heterocycles. The van der Waals surface area contributed by atoms with Gasteiger partial charge < -0.3 is 15.3 Å². The molecule has 0 aliphatic carbocycles. The summed E-state index contributed by atoms with van der Waals surface area (Å²) < 4.78 is 39.3. The number of benzene rings is 1. The number of anilines is 1. The van der Waals surface area contributed by atoms with Crippen LogP contribution in [0.1, 0.15) is 5.56 Å². The van der Waals surface area contributed by atoms with E-state index < -0.39 is 17.8 Å². The largest absolute Gasteiger partial charge is 0.418 e. The molecule has 0 radical (unpaired) electrons. The zero-order valence-corrected chi connectivity index (χ0v) is 12.2. The summed E-state index contributed by atoms with van der Waals surface area (Å²) in [5.41, 5.74) is -0.328. The number of β-amino-alcohol motifs (C(OH)–C–C–N with tert-alkyl or cyclic N) is 1. The van der Waals surface area contributed by atoms with Crippen LogP contribution in [-0.4, -0.2) is 61.4 Å². The first-order chi connectivity index (χ1) is 10.5. The Hall–Kier alpha value is -1.31. The Bertz CT molecular complexity index is 515. The van der Waals surface area contributed by atoms with Crippen molar-refractivity contribution >= 4 is 5.69 Å². The highest BCUT2D eigenvalue weighted by atomic mass is 19.4. The lowest BCUT2D eigenvalue weighted by molar-refractivity contribution is -0.137. The molecule has 3 rings (SSSR count). The summed E-state index contributed by atoms with van der Waals surface area (Å²) >= 11 is 0. The van der Waals surface area contributed by atoms with Crippen molar-refractivity contribution in [2.45, 2.75) is 18.3 Å². The average molecular weight is 315 g/mol. The van der Waals surface area contributed by atoms with Crippen LogP contribution in [0.15, 0.2) is 24.3 Å². The summed E-state index contributed by atoms with van der Waals surface area (Å²) in [5, 5.41) is 13.0. The molecule has 0 amide bonds. The van der Waals surface area contributed by atoms with E-state index in [1.54, 1.807) is 11.0 Å². The maximum atomic E-state index is 13.1. The number of hydrogen-bond donors (Lipinski definition) is 2. The lowest BCUT2D eigenvalue weighted by Gasteiger charge is -2.40. The Morgan fingerprint density at radius 3 is 2.32 bits per heavy atom. The van der Waals surface area contributed by atoms with Crippen molar-refractivity contribution in [1.29, 1.82) is 0 Å². The zero-order valence-electron chi connectivity index (χ0n) is 12.2. The fraction of sp³-hybridized carbons (Fsp3) is 0.600. The van der Waals surface area contributed by atoms with Crippen LogP contribution >= 0.6 is 0 Å². The monoisotopic (exact) mass is 315 g/mol. The van der Waals surface area contributed by atoms with Gasteiger partial charge in [-0.1, -0.05) is 12.1 Å². The number of hydrogen-bond acceptors (Lipinski definition) is 4. The van der Waals surface area contributed by atoms with Crippen molar-refractivity contribution < 1.29 is 18.3 Å². The molecule has 4 nitrogen and oxygen atoms in total. The van der Waals surface area contributed by atoms with E-state index in [1.807, 2.05) is 0 Å². The van der Waals surface area contributed by atoms with Gasteiger partial charge in [-0.2, -0.15) is 13.2 Å². The van der Waals surface area contributed by atoms with E-state index >= 15 is 0 Å². The molecule has 0 bridgehead atoms. The molecule has 122 valence electrons. The summed E-state index contributed by atoms with van der Waals surface area (Å²) in [7, 11) is 0. The van der Waals surface area contributed by atoms with Gasteiger partial charge >= 0.3 is 6.18 Å². The van der Waals surface area contributed by atoms with E-state index in [2.05, 4.69) is 10.2 Å². The van der Waals surface area contributed by atoms with Crippen molar-refractivity contribution in [3.8, 4) is 0 Å². The fourth-order valence-electron chi connectivity index (χ4n) is 3.31. The number of aliphatic hydroxyl groups is 1. The molecular weight excluding hydrogens is 295 g/mol. The average Bonchev–Trinajstić information content (AvgIpc) is 2.93. The van der Waals surface area contributed by atoms with Gasteiger partial charge in [0.2, 0.25) is 0 Å². The van der Waals surface area contributed by atoms with Crippen LogP contribution in [0.3, 0.4) is 0 Å². The van der Waals surface area contributed by atoms with Crippen LogP contribution in [0, 0.1) is 0 Å². The molecule has 2 atom stereocenters. The van der Waals surface area contributed by atoms with E-state index in [-0.39, 0.29) is 11.7 Å². The van der Waals surface area contributed by atoms with Crippen LogP contribution in [0.2, 0.25) is 0 Å². The summed E-state index contributed by atoms with van der Waals surface area (Å²) in [4.78, 5) is 3.95. The lowest BCUT2D eigenvalue weighted by Crippen LogP contribution is -2.54. The van der Waals surface area contributed by atoms with Gasteiger partial charge in [0.25, 0.3) is 0 Å². The number of rotatable bonds is 2. The fourth-order valence-corrected chi connectivity index (χ4v) is 3.31. The Kier molecular flexibility index (Phi) is 4.29. The molecule has 0 spiro atoms. The van der Waals surface area contributed by atoms with Gasteiger partial charge in [0.15, 0.2) is 0 Å². The Morgan fingerprint density at radius 2 is 1.73 bits per heavy atom. The van der Waals surface area contributed by atoms with Gasteiger partial charge in [0, 0.05) is 51.0 Å². The summed E-state index contributed by atoms with van der Waals surface area (Å²) in [6.07, 6.45) is -4.73. The van der Waals surface area contributed by atoms with E-state index in [1.165, 1.54) is 12.1 Å². The molecule has 0 aromatic heterocycles. The highest BCUT2D eigenvalue weighted by Gasteiger charge is 2.36. The second-order valence-electron chi connectivity index (χ2n) is 5.83. The first kappa shape index (κ1) is 15.6. The van der Waals surface area contributed by atoms with Crippen molar-refractivity contribution in [3.63, 3.8) is 0 Å². The van der Waals surface area contributed by atoms with Crippen molar-refractivity contribution in [1.82, 2.24) is 10.2 Å². The van der Waals surface area contributed by atoms with Crippen LogP contribution < -0.4 is 10.2 Å². The third-order valence-electron chi connectivity index (χ3n) is 4.48. The van der Waals surface area contributed by atoms with Crippen molar-refractivity contribution in [2.24, 2.45) is 0 Å². The van der Waals surface area contributed by atoms with Crippen LogP contribution in [0.5, 0.6) is 0 Å². The van der Waals surface area contributed by atoms with E-state index in [0.29, 0.717) is 32.7 Å². The van der Waals surface area contributed by atoms with Gasteiger partial charge in [-0.15, -0.1) is 0 Å².